The van der Waals surface area contributed by atoms with Gasteiger partial charge in [-0.1, -0.05) is 6.07 Å². The molecule has 0 bridgehead atoms. The van der Waals surface area contributed by atoms with Crippen molar-refractivity contribution in [1.82, 2.24) is 9.97 Å². The summed E-state index contributed by atoms with van der Waals surface area (Å²) in [5.74, 6) is -0.191. The van der Waals surface area contributed by atoms with Gasteiger partial charge in [0.05, 0.1) is 4.92 Å². The van der Waals surface area contributed by atoms with Gasteiger partial charge < -0.3 is 10.2 Å². The van der Waals surface area contributed by atoms with Gasteiger partial charge in [-0.2, -0.15) is 0 Å². The van der Waals surface area contributed by atoms with Crippen molar-refractivity contribution in [3.63, 3.8) is 0 Å². The number of nitrogens with one attached hydrogen (secondary N) is 1. The van der Waals surface area contributed by atoms with Crippen LogP contribution in [0.2, 0.25) is 0 Å². The third-order valence-electron chi connectivity index (χ3n) is 2.91. The van der Waals surface area contributed by atoms with Gasteiger partial charge in [-0.05, 0) is 25.1 Å². The van der Waals surface area contributed by atoms with Crippen LogP contribution in [0.1, 0.15) is 6.92 Å². The molecule has 0 aliphatic rings. The maximum atomic E-state index is 13.4. The molecule has 8 heteroatoms. The number of hydrogen-bond acceptors (Lipinski definition) is 6. The van der Waals surface area contributed by atoms with Gasteiger partial charge in [-0.25, -0.2) is 14.4 Å². The molecular formula is C13H14FN5O2. The van der Waals surface area contributed by atoms with Crippen molar-refractivity contribution in [2.24, 2.45) is 0 Å². The number of hydrogen-bond donors (Lipinski definition) is 1. The van der Waals surface area contributed by atoms with E-state index in [1.54, 1.807) is 24.0 Å². The second-order valence-corrected chi connectivity index (χ2v) is 4.13. The molecule has 1 N–H and O–H groups in total. The number of anilines is 3. The van der Waals surface area contributed by atoms with E-state index >= 15 is 0 Å². The maximum Gasteiger partial charge on any atom is 0.353 e. The molecule has 0 saturated heterocycles. The van der Waals surface area contributed by atoms with Gasteiger partial charge in [0.25, 0.3) is 0 Å². The summed E-state index contributed by atoms with van der Waals surface area (Å²) < 4.78 is 13.4. The summed E-state index contributed by atoms with van der Waals surface area (Å²) in [5, 5.41) is 14.0. The van der Waals surface area contributed by atoms with E-state index in [0.717, 1.165) is 0 Å². The molecule has 0 fully saturated rings. The van der Waals surface area contributed by atoms with E-state index in [9.17, 15) is 14.5 Å². The quantitative estimate of drug-likeness (QED) is 0.673. The fourth-order valence-corrected chi connectivity index (χ4v) is 2.02. The molecule has 0 unspecified atom stereocenters. The standard InChI is InChI=1S/C13H14FN5O2/c1-3-18(10-6-4-5-9(14)7-10)13-11(19(20)21)12(15-2)16-8-17-13/h4-8H,3H2,1-2H3,(H,15,16,17). The zero-order valence-electron chi connectivity index (χ0n) is 11.6. The Balaban J connectivity index is 2.60. The molecule has 0 saturated carbocycles. The molecule has 21 heavy (non-hydrogen) atoms. The summed E-state index contributed by atoms with van der Waals surface area (Å²) in [4.78, 5) is 20.2. The third kappa shape index (κ3) is 2.88. The average Bonchev–Trinajstić information content (AvgIpc) is 2.47. The van der Waals surface area contributed by atoms with Crippen LogP contribution >= 0.6 is 0 Å². The van der Waals surface area contributed by atoms with Crippen LogP contribution in [-0.4, -0.2) is 28.5 Å². The number of halogens is 1. The molecule has 0 spiro atoms. The van der Waals surface area contributed by atoms with Crippen molar-refractivity contribution < 1.29 is 9.31 Å². The molecular weight excluding hydrogens is 277 g/mol. The Kier molecular flexibility index (Phi) is 4.27. The highest BCUT2D eigenvalue weighted by Gasteiger charge is 2.26. The van der Waals surface area contributed by atoms with Gasteiger partial charge in [-0.15, -0.1) is 0 Å². The molecule has 0 radical (unpaired) electrons. The summed E-state index contributed by atoms with van der Waals surface area (Å²) in [6.07, 6.45) is 1.23. The predicted octanol–water partition coefficient (Wildman–Crippen LogP) is 2.72. The van der Waals surface area contributed by atoms with Crippen molar-refractivity contribution in [2.75, 3.05) is 23.8 Å². The van der Waals surface area contributed by atoms with Crippen molar-refractivity contribution in [3.05, 3.63) is 46.5 Å². The van der Waals surface area contributed by atoms with Gasteiger partial charge in [0.2, 0.25) is 11.6 Å². The van der Waals surface area contributed by atoms with E-state index < -0.39 is 10.7 Å². The molecule has 1 heterocycles. The van der Waals surface area contributed by atoms with Crippen LogP contribution in [0.3, 0.4) is 0 Å². The largest absolute Gasteiger partial charge is 0.367 e. The van der Waals surface area contributed by atoms with Gasteiger partial charge in [-0.3, -0.25) is 10.1 Å². The lowest BCUT2D eigenvalue weighted by Gasteiger charge is -2.22. The number of benzene rings is 1. The van der Waals surface area contributed by atoms with E-state index in [1.807, 2.05) is 0 Å². The summed E-state index contributed by atoms with van der Waals surface area (Å²) >= 11 is 0. The van der Waals surface area contributed by atoms with E-state index in [0.29, 0.717) is 12.2 Å². The van der Waals surface area contributed by atoms with E-state index in [-0.39, 0.29) is 17.3 Å². The summed E-state index contributed by atoms with van der Waals surface area (Å²) in [6.45, 7) is 2.19. The Morgan fingerprint density at radius 3 is 2.76 bits per heavy atom. The molecule has 110 valence electrons. The smallest absolute Gasteiger partial charge is 0.353 e. The first-order chi connectivity index (χ1) is 10.1. The number of aromatic nitrogens is 2. The van der Waals surface area contributed by atoms with Crippen LogP contribution in [-0.2, 0) is 0 Å². The van der Waals surface area contributed by atoms with Crippen molar-refractivity contribution in [2.45, 2.75) is 6.92 Å². The van der Waals surface area contributed by atoms with E-state index in [1.165, 1.54) is 25.5 Å². The van der Waals surface area contributed by atoms with Crippen molar-refractivity contribution in [3.8, 4) is 0 Å². The van der Waals surface area contributed by atoms with Gasteiger partial charge in [0, 0.05) is 19.3 Å². The van der Waals surface area contributed by atoms with Crippen LogP contribution in [0, 0.1) is 15.9 Å². The van der Waals surface area contributed by atoms with Gasteiger partial charge in [0.1, 0.15) is 12.1 Å². The Morgan fingerprint density at radius 1 is 1.43 bits per heavy atom. The van der Waals surface area contributed by atoms with E-state index in [2.05, 4.69) is 15.3 Å². The first-order valence-corrected chi connectivity index (χ1v) is 6.28. The van der Waals surface area contributed by atoms with Gasteiger partial charge >= 0.3 is 5.69 Å². The first-order valence-electron chi connectivity index (χ1n) is 6.28. The number of nitrogens with zero attached hydrogens (tertiary/aromatic N) is 4. The molecule has 0 aliphatic heterocycles. The molecule has 7 nitrogen and oxygen atoms in total. The molecule has 2 aromatic rings. The monoisotopic (exact) mass is 291 g/mol. The Morgan fingerprint density at radius 2 is 2.19 bits per heavy atom. The topological polar surface area (TPSA) is 84.2 Å². The average molecular weight is 291 g/mol. The molecule has 1 aromatic carbocycles. The van der Waals surface area contributed by atoms with Crippen molar-refractivity contribution in [1.29, 1.82) is 0 Å². The second-order valence-electron chi connectivity index (χ2n) is 4.13. The van der Waals surface area contributed by atoms with Crippen LogP contribution in [0.4, 0.5) is 27.4 Å². The number of rotatable bonds is 5. The molecule has 2 rings (SSSR count). The molecule has 1 aromatic heterocycles. The predicted molar refractivity (Wildman–Crippen MR) is 77.3 cm³/mol. The van der Waals surface area contributed by atoms with Gasteiger partial charge in [0.15, 0.2) is 0 Å². The van der Waals surface area contributed by atoms with Crippen LogP contribution < -0.4 is 10.2 Å². The second kappa shape index (κ2) is 6.12. The van der Waals surface area contributed by atoms with Crippen LogP contribution in [0.15, 0.2) is 30.6 Å². The van der Waals surface area contributed by atoms with E-state index in [4.69, 9.17) is 0 Å². The zero-order chi connectivity index (χ0) is 15.4. The highest BCUT2D eigenvalue weighted by Crippen LogP contribution is 2.35. The minimum Gasteiger partial charge on any atom is -0.367 e. The summed E-state index contributed by atoms with van der Waals surface area (Å²) in [7, 11) is 1.54. The fraction of sp³-hybridized carbons (Fsp3) is 0.231. The third-order valence-corrected chi connectivity index (χ3v) is 2.91. The highest BCUT2D eigenvalue weighted by molar-refractivity contribution is 5.75. The van der Waals surface area contributed by atoms with Crippen molar-refractivity contribution >= 4 is 23.0 Å². The molecule has 0 aliphatic carbocycles. The Labute approximate surface area is 120 Å². The fourth-order valence-electron chi connectivity index (χ4n) is 2.02. The lowest BCUT2D eigenvalue weighted by atomic mass is 10.2. The zero-order valence-corrected chi connectivity index (χ0v) is 11.6. The molecule has 0 atom stereocenters. The normalized spacial score (nSPS) is 10.2. The number of nitro groups is 1. The highest BCUT2D eigenvalue weighted by atomic mass is 19.1. The molecule has 0 amide bonds. The SMILES string of the molecule is CCN(c1cccc(F)c1)c1ncnc(NC)c1[N+](=O)[O-]. The van der Waals surface area contributed by atoms with Crippen LogP contribution in [0.25, 0.3) is 0 Å². The Hall–Kier alpha value is -2.77. The Bertz CT molecular complexity index is 665. The lowest BCUT2D eigenvalue weighted by molar-refractivity contribution is -0.383. The maximum absolute atomic E-state index is 13.4. The van der Waals surface area contributed by atoms with Crippen LogP contribution in [0.5, 0.6) is 0 Å². The summed E-state index contributed by atoms with van der Waals surface area (Å²) in [5.41, 5.74) is 0.243. The minimum atomic E-state index is -0.552. The summed E-state index contributed by atoms with van der Waals surface area (Å²) in [6, 6.07) is 5.82. The lowest BCUT2D eigenvalue weighted by Crippen LogP contribution is -2.20. The first kappa shape index (κ1) is 14.6. The minimum absolute atomic E-state index is 0.111.